The molecule has 2 aromatic carbocycles. The van der Waals surface area contributed by atoms with Gasteiger partial charge in [0.1, 0.15) is 0 Å². The SMILES string of the molecule is Cc1cc(C=Nc2ccc(Br)cc2)c(C)n1-c1ccc(Cl)cc1. The topological polar surface area (TPSA) is 17.3 Å². The highest BCUT2D eigenvalue weighted by Gasteiger charge is 2.09. The van der Waals surface area contributed by atoms with E-state index in [0.717, 1.165) is 32.1 Å². The van der Waals surface area contributed by atoms with Crippen molar-refractivity contribution in [1.82, 2.24) is 4.57 Å². The fraction of sp³-hybridized carbons (Fsp3) is 0.105. The molecule has 1 aromatic heterocycles. The quantitative estimate of drug-likeness (QED) is 0.472. The summed E-state index contributed by atoms with van der Waals surface area (Å²) in [6.45, 7) is 4.20. The van der Waals surface area contributed by atoms with Crippen molar-refractivity contribution in [2.75, 3.05) is 0 Å². The zero-order chi connectivity index (χ0) is 16.4. The normalized spacial score (nSPS) is 11.3. The minimum Gasteiger partial charge on any atom is -0.318 e. The molecule has 23 heavy (non-hydrogen) atoms. The van der Waals surface area contributed by atoms with E-state index in [-0.39, 0.29) is 0 Å². The van der Waals surface area contributed by atoms with E-state index in [2.05, 4.69) is 45.4 Å². The van der Waals surface area contributed by atoms with E-state index in [0.29, 0.717) is 0 Å². The monoisotopic (exact) mass is 386 g/mol. The van der Waals surface area contributed by atoms with Crippen LogP contribution in [0.3, 0.4) is 0 Å². The second kappa shape index (κ2) is 6.73. The molecule has 0 amide bonds. The van der Waals surface area contributed by atoms with Crippen LogP contribution in [0, 0.1) is 13.8 Å². The second-order valence-electron chi connectivity index (χ2n) is 5.37. The van der Waals surface area contributed by atoms with Gasteiger partial charge in [-0.15, -0.1) is 0 Å². The predicted molar refractivity (Wildman–Crippen MR) is 102 cm³/mol. The van der Waals surface area contributed by atoms with Gasteiger partial charge in [0.2, 0.25) is 0 Å². The number of rotatable bonds is 3. The minimum atomic E-state index is 0.744. The first kappa shape index (κ1) is 16.0. The fourth-order valence-electron chi connectivity index (χ4n) is 2.58. The molecule has 3 aromatic rings. The zero-order valence-corrected chi connectivity index (χ0v) is 15.3. The largest absolute Gasteiger partial charge is 0.318 e. The molecule has 0 N–H and O–H groups in total. The van der Waals surface area contributed by atoms with E-state index in [1.165, 1.54) is 5.69 Å². The molecule has 2 nitrogen and oxygen atoms in total. The summed E-state index contributed by atoms with van der Waals surface area (Å²) in [5, 5.41) is 0.744. The number of aromatic nitrogens is 1. The van der Waals surface area contributed by atoms with Crippen LogP contribution in [0.1, 0.15) is 17.0 Å². The molecule has 0 bridgehead atoms. The molecule has 0 saturated heterocycles. The van der Waals surface area contributed by atoms with Gasteiger partial charge in [0, 0.05) is 38.3 Å². The molecule has 4 heteroatoms. The van der Waals surface area contributed by atoms with Crippen LogP contribution >= 0.6 is 27.5 Å². The molecule has 116 valence electrons. The first-order valence-electron chi connectivity index (χ1n) is 7.29. The Morgan fingerprint density at radius 2 is 1.65 bits per heavy atom. The first-order valence-corrected chi connectivity index (χ1v) is 8.46. The van der Waals surface area contributed by atoms with Gasteiger partial charge in [0.25, 0.3) is 0 Å². The van der Waals surface area contributed by atoms with Crippen LogP contribution < -0.4 is 0 Å². The Labute approximate surface area is 149 Å². The number of halogens is 2. The van der Waals surface area contributed by atoms with Gasteiger partial charge in [-0.25, -0.2) is 0 Å². The molecule has 0 atom stereocenters. The van der Waals surface area contributed by atoms with Crippen LogP contribution in [0.25, 0.3) is 5.69 Å². The summed E-state index contributed by atoms with van der Waals surface area (Å²) in [6, 6.07) is 18.0. The summed E-state index contributed by atoms with van der Waals surface area (Å²) in [7, 11) is 0. The van der Waals surface area contributed by atoms with Crippen LogP contribution in [0.4, 0.5) is 5.69 Å². The Morgan fingerprint density at radius 3 is 2.30 bits per heavy atom. The van der Waals surface area contributed by atoms with Gasteiger partial charge in [-0.2, -0.15) is 0 Å². The summed E-state index contributed by atoms with van der Waals surface area (Å²) in [5.41, 5.74) is 5.48. The molecule has 0 aliphatic carbocycles. The molecule has 0 saturated carbocycles. The standard InChI is InChI=1S/C19H16BrClN2/c1-13-11-15(12-22-18-7-3-16(20)4-8-18)14(2)23(13)19-9-5-17(21)6-10-19/h3-12H,1-2H3. The molecule has 0 unspecified atom stereocenters. The highest BCUT2D eigenvalue weighted by molar-refractivity contribution is 9.10. The van der Waals surface area contributed by atoms with Crippen molar-refractivity contribution in [1.29, 1.82) is 0 Å². The lowest BCUT2D eigenvalue weighted by Crippen LogP contribution is -1.99. The van der Waals surface area contributed by atoms with Crippen LogP contribution in [0.2, 0.25) is 5.02 Å². The Kier molecular flexibility index (Phi) is 4.69. The van der Waals surface area contributed by atoms with E-state index in [9.17, 15) is 0 Å². The lowest BCUT2D eigenvalue weighted by molar-refractivity contribution is 0.965. The average molecular weight is 388 g/mol. The molecule has 0 aliphatic heterocycles. The highest BCUT2D eigenvalue weighted by atomic mass is 79.9. The number of hydrogen-bond donors (Lipinski definition) is 0. The van der Waals surface area contributed by atoms with E-state index < -0.39 is 0 Å². The lowest BCUT2D eigenvalue weighted by atomic mass is 10.2. The number of aryl methyl sites for hydroxylation is 1. The molecular formula is C19H16BrClN2. The Morgan fingerprint density at radius 1 is 1.00 bits per heavy atom. The third kappa shape index (κ3) is 3.57. The zero-order valence-electron chi connectivity index (χ0n) is 12.9. The summed E-state index contributed by atoms with van der Waals surface area (Å²) in [6.07, 6.45) is 1.91. The van der Waals surface area contributed by atoms with Crippen molar-refractivity contribution in [2.45, 2.75) is 13.8 Å². The molecule has 0 fully saturated rings. The van der Waals surface area contributed by atoms with Gasteiger partial charge >= 0.3 is 0 Å². The van der Waals surface area contributed by atoms with Crippen molar-refractivity contribution < 1.29 is 0 Å². The molecule has 0 radical (unpaired) electrons. The van der Waals surface area contributed by atoms with E-state index in [1.54, 1.807) is 0 Å². The van der Waals surface area contributed by atoms with Crippen molar-refractivity contribution in [3.05, 3.63) is 81.0 Å². The minimum absolute atomic E-state index is 0.744. The fourth-order valence-corrected chi connectivity index (χ4v) is 2.97. The second-order valence-corrected chi connectivity index (χ2v) is 6.73. The summed E-state index contributed by atoms with van der Waals surface area (Å²) < 4.78 is 3.26. The highest BCUT2D eigenvalue weighted by Crippen LogP contribution is 2.22. The third-order valence-corrected chi connectivity index (χ3v) is 4.52. The molecular weight excluding hydrogens is 372 g/mol. The van der Waals surface area contributed by atoms with Crippen molar-refractivity contribution in [3.63, 3.8) is 0 Å². The van der Waals surface area contributed by atoms with Crippen LogP contribution in [-0.4, -0.2) is 10.8 Å². The number of hydrogen-bond acceptors (Lipinski definition) is 1. The summed E-state index contributed by atoms with van der Waals surface area (Å²) in [4.78, 5) is 4.56. The van der Waals surface area contributed by atoms with Crippen LogP contribution in [0.15, 0.2) is 64.1 Å². The van der Waals surface area contributed by atoms with Crippen LogP contribution in [-0.2, 0) is 0 Å². The maximum absolute atomic E-state index is 5.98. The van der Waals surface area contributed by atoms with E-state index in [4.69, 9.17) is 11.6 Å². The van der Waals surface area contributed by atoms with Gasteiger partial charge in [0.15, 0.2) is 0 Å². The molecule has 0 spiro atoms. The van der Waals surface area contributed by atoms with E-state index >= 15 is 0 Å². The Balaban J connectivity index is 1.94. The van der Waals surface area contributed by atoms with Gasteiger partial charge in [0.05, 0.1) is 5.69 Å². The number of nitrogens with zero attached hydrogens (tertiary/aromatic N) is 2. The molecule has 1 heterocycles. The summed E-state index contributed by atoms with van der Waals surface area (Å²) in [5.74, 6) is 0. The maximum Gasteiger partial charge on any atom is 0.0630 e. The first-order chi connectivity index (χ1) is 11.0. The van der Waals surface area contributed by atoms with Crippen LogP contribution in [0.5, 0.6) is 0 Å². The van der Waals surface area contributed by atoms with Gasteiger partial charge in [-0.05, 0) is 68.4 Å². The lowest BCUT2D eigenvalue weighted by Gasteiger charge is -2.09. The smallest absolute Gasteiger partial charge is 0.0630 e. The summed E-state index contributed by atoms with van der Waals surface area (Å²) >= 11 is 9.41. The predicted octanol–water partition coefficient (Wildman–Crippen LogP) is 6.26. The van der Waals surface area contributed by atoms with Gasteiger partial charge in [-0.1, -0.05) is 27.5 Å². The van der Waals surface area contributed by atoms with Crippen molar-refractivity contribution in [3.8, 4) is 5.69 Å². The average Bonchev–Trinajstić information content (AvgIpc) is 2.82. The van der Waals surface area contributed by atoms with E-state index in [1.807, 2.05) is 54.7 Å². The Hall–Kier alpha value is -1.84. The molecule has 3 rings (SSSR count). The van der Waals surface area contributed by atoms with Crippen molar-refractivity contribution in [2.24, 2.45) is 4.99 Å². The van der Waals surface area contributed by atoms with Gasteiger partial charge in [-0.3, -0.25) is 4.99 Å². The number of benzene rings is 2. The van der Waals surface area contributed by atoms with Gasteiger partial charge < -0.3 is 4.57 Å². The maximum atomic E-state index is 5.98. The van der Waals surface area contributed by atoms with Crippen molar-refractivity contribution >= 4 is 39.4 Å². The molecule has 0 aliphatic rings. The number of aliphatic imine (C=N–C) groups is 1. The third-order valence-electron chi connectivity index (χ3n) is 3.73. The Bertz CT molecular complexity index is 846.